The highest BCUT2D eigenvalue weighted by Crippen LogP contribution is 2.31. The molecular weight excluding hydrogens is 333 g/mol. The molecule has 1 N–H and O–H groups in total. The third-order valence-electron chi connectivity index (χ3n) is 2.87. The van der Waals surface area contributed by atoms with Crippen LogP contribution in [0.4, 0.5) is 5.69 Å². The molecule has 0 aromatic heterocycles. The van der Waals surface area contributed by atoms with E-state index in [0.717, 1.165) is 4.31 Å². The smallest absolute Gasteiger partial charge is 0.265 e. The molecule has 0 saturated carbocycles. The van der Waals surface area contributed by atoms with Crippen LogP contribution in [0.15, 0.2) is 47.4 Å². The highest BCUT2D eigenvalue weighted by atomic mass is 35.5. The lowest BCUT2D eigenvalue weighted by molar-refractivity contribution is 0.475. The van der Waals surface area contributed by atoms with Gasteiger partial charge in [-0.3, -0.25) is 4.31 Å². The zero-order chi connectivity index (χ0) is 15.6. The molecule has 0 saturated heterocycles. The topological polar surface area (TPSA) is 57.6 Å². The summed E-state index contributed by atoms with van der Waals surface area (Å²) in [5.41, 5.74) is 0.355. The Morgan fingerprint density at radius 2 is 1.86 bits per heavy atom. The number of hydrogen-bond acceptors (Lipinski definition) is 3. The quantitative estimate of drug-likeness (QED) is 0.913. The lowest BCUT2D eigenvalue weighted by atomic mass is 10.3. The second-order valence-electron chi connectivity index (χ2n) is 4.26. The monoisotopic (exact) mass is 345 g/mol. The van der Waals surface area contributed by atoms with Crippen molar-refractivity contribution >= 4 is 38.9 Å². The number of nitrogens with zero attached hydrogens (tertiary/aromatic N) is 1. The predicted molar refractivity (Wildman–Crippen MR) is 84.8 cm³/mol. The number of hydrogen-bond donors (Lipinski definition) is 1. The summed E-state index contributed by atoms with van der Waals surface area (Å²) in [6, 6.07) is 10.3. The summed E-state index contributed by atoms with van der Waals surface area (Å²) < 4.78 is 26.7. The van der Waals surface area contributed by atoms with Crippen molar-refractivity contribution in [1.82, 2.24) is 0 Å². The summed E-state index contributed by atoms with van der Waals surface area (Å²) in [6.07, 6.45) is 0. The van der Waals surface area contributed by atoms with Crippen LogP contribution in [0.1, 0.15) is 6.92 Å². The number of phenols is 1. The molecule has 0 radical (unpaired) electrons. The maximum atomic E-state index is 12.7. The minimum Gasteiger partial charge on any atom is -0.508 e. The Morgan fingerprint density at radius 3 is 2.48 bits per heavy atom. The van der Waals surface area contributed by atoms with Gasteiger partial charge in [0.2, 0.25) is 0 Å². The van der Waals surface area contributed by atoms with Crippen molar-refractivity contribution in [3.05, 3.63) is 52.5 Å². The molecule has 0 heterocycles. The minimum absolute atomic E-state index is 0.0154. The van der Waals surface area contributed by atoms with Crippen molar-refractivity contribution < 1.29 is 13.5 Å². The molecule has 0 bridgehead atoms. The van der Waals surface area contributed by atoms with E-state index >= 15 is 0 Å². The summed E-state index contributed by atoms with van der Waals surface area (Å²) in [5.74, 6) is -0.0154. The Bertz CT molecular complexity index is 763. The number of aromatic hydroxyl groups is 1. The standard InChI is InChI=1S/C14H13Cl2NO3S/c1-2-17(11-4-3-5-12(18)9-11)21(19,20)14-8-10(15)6-7-13(14)16/h3-9,18H,2H2,1H3. The molecule has 0 amide bonds. The fraction of sp³-hybridized carbons (Fsp3) is 0.143. The first-order valence-electron chi connectivity index (χ1n) is 6.13. The summed E-state index contributed by atoms with van der Waals surface area (Å²) in [6.45, 7) is 1.88. The average molecular weight is 346 g/mol. The van der Waals surface area contributed by atoms with Crippen molar-refractivity contribution in [2.24, 2.45) is 0 Å². The Kier molecular flexibility index (Phi) is 4.66. The molecule has 0 aliphatic carbocycles. The number of rotatable bonds is 4. The summed E-state index contributed by atoms with van der Waals surface area (Å²) in [7, 11) is -3.87. The van der Waals surface area contributed by atoms with Gasteiger partial charge < -0.3 is 5.11 Å². The molecule has 4 nitrogen and oxygen atoms in total. The molecule has 2 aromatic rings. The molecule has 7 heteroatoms. The average Bonchev–Trinajstić information content (AvgIpc) is 2.42. The third kappa shape index (κ3) is 3.26. The zero-order valence-electron chi connectivity index (χ0n) is 11.1. The Labute approximate surface area is 133 Å². The van der Waals surface area contributed by atoms with Crippen LogP contribution in [0.3, 0.4) is 0 Å². The second-order valence-corrected chi connectivity index (χ2v) is 6.94. The van der Waals surface area contributed by atoms with E-state index in [1.54, 1.807) is 19.1 Å². The Hall–Kier alpha value is -1.43. The van der Waals surface area contributed by atoms with E-state index in [-0.39, 0.29) is 27.2 Å². The van der Waals surface area contributed by atoms with Gasteiger partial charge in [0.1, 0.15) is 10.6 Å². The van der Waals surface area contributed by atoms with E-state index in [0.29, 0.717) is 5.69 Å². The van der Waals surface area contributed by atoms with Crippen LogP contribution in [-0.4, -0.2) is 20.1 Å². The first-order valence-corrected chi connectivity index (χ1v) is 8.32. The van der Waals surface area contributed by atoms with Crippen molar-refractivity contribution in [2.45, 2.75) is 11.8 Å². The molecule has 2 aromatic carbocycles. The van der Waals surface area contributed by atoms with Crippen molar-refractivity contribution in [3.8, 4) is 5.75 Å². The molecule has 0 atom stereocenters. The van der Waals surface area contributed by atoms with Gasteiger partial charge in [0.15, 0.2) is 0 Å². The number of phenolic OH excluding ortho intramolecular Hbond substituents is 1. The van der Waals surface area contributed by atoms with Crippen LogP contribution in [0.2, 0.25) is 10.0 Å². The fourth-order valence-corrected chi connectivity index (χ4v) is 4.14. The molecule has 21 heavy (non-hydrogen) atoms. The first kappa shape index (κ1) is 15.9. The molecule has 0 aliphatic rings. The SMILES string of the molecule is CCN(c1cccc(O)c1)S(=O)(=O)c1cc(Cl)ccc1Cl. The van der Waals surface area contributed by atoms with E-state index in [9.17, 15) is 13.5 Å². The molecule has 112 valence electrons. The normalized spacial score (nSPS) is 11.4. The summed E-state index contributed by atoms with van der Waals surface area (Å²) in [5, 5.41) is 9.90. The molecular formula is C14H13Cl2NO3S. The van der Waals surface area contributed by atoms with Crippen LogP contribution in [0.5, 0.6) is 5.75 Å². The van der Waals surface area contributed by atoms with Crippen LogP contribution in [0, 0.1) is 0 Å². The van der Waals surface area contributed by atoms with Crippen molar-refractivity contribution in [1.29, 1.82) is 0 Å². The number of benzene rings is 2. The fourth-order valence-electron chi connectivity index (χ4n) is 1.93. The number of anilines is 1. The van der Waals surface area contributed by atoms with Gasteiger partial charge in [-0.25, -0.2) is 8.42 Å². The summed E-state index contributed by atoms with van der Waals surface area (Å²) in [4.78, 5) is -0.0677. The molecule has 0 fully saturated rings. The van der Waals surface area contributed by atoms with Gasteiger partial charge in [0.25, 0.3) is 10.0 Å². The van der Waals surface area contributed by atoms with E-state index in [1.165, 1.54) is 30.3 Å². The number of sulfonamides is 1. The molecule has 2 rings (SSSR count). The first-order chi connectivity index (χ1) is 9.86. The van der Waals surface area contributed by atoms with Crippen molar-refractivity contribution in [2.75, 3.05) is 10.8 Å². The van der Waals surface area contributed by atoms with Crippen LogP contribution in [0.25, 0.3) is 0 Å². The minimum atomic E-state index is -3.87. The lowest BCUT2D eigenvalue weighted by Crippen LogP contribution is -2.30. The van der Waals surface area contributed by atoms with Gasteiger partial charge in [-0.05, 0) is 37.3 Å². The van der Waals surface area contributed by atoms with Gasteiger partial charge in [0.05, 0.1) is 10.7 Å². The largest absolute Gasteiger partial charge is 0.508 e. The van der Waals surface area contributed by atoms with Gasteiger partial charge in [0, 0.05) is 17.6 Å². The maximum absolute atomic E-state index is 12.7. The predicted octanol–water partition coefficient (Wildman–Crippen LogP) is 3.91. The highest BCUT2D eigenvalue weighted by Gasteiger charge is 2.26. The summed E-state index contributed by atoms with van der Waals surface area (Å²) >= 11 is 11.8. The molecule has 0 spiro atoms. The molecule has 0 aliphatic heterocycles. The van der Waals surface area contributed by atoms with E-state index < -0.39 is 10.0 Å². The van der Waals surface area contributed by atoms with Crippen LogP contribution in [-0.2, 0) is 10.0 Å². The zero-order valence-corrected chi connectivity index (χ0v) is 13.5. The maximum Gasteiger partial charge on any atom is 0.265 e. The highest BCUT2D eigenvalue weighted by molar-refractivity contribution is 7.93. The van der Waals surface area contributed by atoms with Crippen LogP contribution < -0.4 is 4.31 Å². The van der Waals surface area contributed by atoms with E-state index in [2.05, 4.69) is 0 Å². The third-order valence-corrected chi connectivity index (χ3v) is 5.49. The Balaban J connectivity index is 2.57. The van der Waals surface area contributed by atoms with Crippen LogP contribution >= 0.6 is 23.2 Å². The molecule has 0 unspecified atom stereocenters. The second kappa shape index (κ2) is 6.13. The number of halogens is 2. The van der Waals surface area contributed by atoms with E-state index in [1.807, 2.05) is 0 Å². The lowest BCUT2D eigenvalue weighted by Gasteiger charge is -2.23. The van der Waals surface area contributed by atoms with Gasteiger partial charge in [-0.15, -0.1) is 0 Å². The van der Waals surface area contributed by atoms with Gasteiger partial charge in [-0.2, -0.15) is 0 Å². The van der Waals surface area contributed by atoms with Gasteiger partial charge >= 0.3 is 0 Å². The van der Waals surface area contributed by atoms with E-state index in [4.69, 9.17) is 23.2 Å². The Morgan fingerprint density at radius 1 is 1.14 bits per heavy atom. The van der Waals surface area contributed by atoms with Crippen molar-refractivity contribution in [3.63, 3.8) is 0 Å². The van der Waals surface area contributed by atoms with Gasteiger partial charge in [-0.1, -0.05) is 29.3 Å².